The summed E-state index contributed by atoms with van der Waals surface area (Å²) in [5.74, 6) is 2.68. The highest BCUT2D eigenvalue weighted by atomic mass is 16.5. The number of amides is 1. The molecule has 0 fully saturated rings. The summed E-state index contributed by atoms with van der Waals surface area (Å²) in [6.07, 6.45) is -0.817. The lowest BCUT2D eigenvalue weighted by Crippen LogP contribution is -2.44. The smallest absolute Gasteiger partial charge is 0.266 e. The highest BCUT2D eigenvalue weighted by molar-refractivity contribution is 5.95. The Morgan fingerprint density at radius 2 is 1.42 bits per heavy atom. The standard InChI is InChI=1S/C29H36N2O7/c1-33-16-15-31(19-21-11-13-24(34-2)26(17-21)36-4)20-28(38-23-9-7-6-8-10-23)29(32)30-22-12-14-25(35-3)27(18-22)37-5/h6-14,17-18,28H,15-16,19-20H2,1-5H3,(H,30,32)/t28-/m1/s1. The van der Waals surface area contributed by atoms with E-state index < -0.39 is 6.10 Å². The molecule has 0 aliphatic rings. The van der Waals surface area contributed by atoms with Gasteiger partial charge in [0.25, 0.3) is 5.91 Å². The van der Waals surface area contributed by atoms with Crippen LogP contribution in [0.25, 0.3) is 0 Å². The molecular formula is C29H36N2O7. The molecule has 0 saturated heterocycles. The zero-order valence-electron chi connectivity index (χ0n) is 22.6. The Morgan fingerprint density at radius 3 is 2.05 bits per heavy atom. The number of benzene rings is 3. The van der Waals surface area contributed by atoms with Crippen LogP contribution in [0.4, 0.5) is 5.69 Å². The van der Waals surface area contributed by atoms with Crippen molar-refractivity contribution in [2.75, 3.05) is 60.6 Å². The molecular weight excluding hydrogens is 488 g/mol. The van der Waals surface area contributed by atoms with Crippen LogP contribution in [0, 0.1) is 0 Å². The zero-order chi connectivity index (χ0) is 27.3. The summed E-state index contributed by atoms with van der Waals surface area (Å²) in [5, 5.41) is 2.95. The first-order chi connectivity index (χ1) is 18.5. The van der Waals surface area contributed by atoms with Crippen LogP contribution in [0.3, 0.4) is 0 Å². The van der Waals surface area contributed by atoms with Crippen molar-refractivity contribution in [3.05, 3.63) is 72.3 Å². The molecule has 0 unspecified atom stereocenters. The normalized spacial score (nSPS) is 11.5. The van der Waals surface area contributed by atoms with E-state index in [0.29, 0.717) is 60.7 Å². The Hall–Kier alpha value is -3.95. The minimum absolute atomic E-state index is 0.296. The van der Waals surface area contributed by atoms with Gasteiger partial charge in [-0.05, 0) is 42.0 Å². The molecule has 0 bridgehead atoms. The van der Waals surface area contributed by atoms with E-state index in [1.807, 2.05) is 48.5 Å². The second-order valence-corrected chi connectivity index (χ2v) is 8.40. The van der Waals surface area contributed by atoms with Crippen LogP contribution in [0.15, 0.2) is 66.7 Å². The fourth-order valence-electron chi connectivity index (χ4n) is 3.90. The van der Waals surface area contributed by atoms with Crippen molar-refractivity contribution in [2.24, 2.45) is 0 Å². The highest BCUT2D eigenvalue weighted by Gasteiger charge is 2.25. The Morgan fingerprint density at radius 1 is 0.789 bits per heavy atom. The molecule has 3 aromatic carbocycles. The Balaban J connectivity index is 1.84. The van der Waals surface area contributed by atoms with Crippen LogP contribution in [-0.2, 0) is 16.1 Å². The first-order valence-corrected chi connectivity index (χ1v) is 12.2. The number of nitrogens with zero attached hydrogens (tertiary/aromatic N) is 1. The third-order valence-corrected chi connectivity index (χ3v) is 5.85. The number of hydrogen-bond acceptors (Lipinski definition) is 8. The van der Waals surface area contributed by atoms with Gasteiger partial charge in [0, 0.05) is 38.5 Å². The molecule has 1 atom stereocenters. The number of ether oxygens (including phenoxy) is 6. The summed E-state index contributed by atoms with van der Waals surface area (Å²) in [7, 11) is 7.97. The van der Waals surface area contributed by atoms with E-state index in [1.165, 1.54) is 0 Å². The summed E-state index contributed by atoms with van der Waals surface area (Å²) in [6, 6.07) is 20.2. The van der Waals surface area contributed by atoms with Gasteiger partial charge in [-0.25, -0.2) is 0 Å². The number of methoxy groups -OCH3 is 5. The maximum absolute atomic E-state index is 13.5. The van der Waals surface area contributed by atoms with Gasteiger partial charge in [-0.2, -0.15) is 0 Å². The summed E-state index contributed by atoms with van der Waals surface area (Å²) < 4.78 is 33.0. The molecule has 9 heteroatoms. The average Bonchev–Trinajstić information content (AvgIpc) is 2.95. The van der Waals surface area contributed by atoms with Crippen LogP contribution >= 0.6 is 0 Å². The molecule has 3 aromatic rings. The fraction of sp³-hybridized carbons (Fsp3) is 0.345. The summed E-state index contributed by atoms with van der Waals surface area (Å²) in [5.41, 5.74) is 1.56. The number of carbonyl (C=O) groups excluding carboxylic acids is 1. The zero-order valence-corrected chi connectivity index (χ0v) is 22.6. The van der Waals surface area contributed by atoms with Gasteiger partial charge >= 0.3 is 0 Å². The number of para-hydroxylation sites is 1. The van der Waals surface area contributed by atoms with Crippen molar-refractivity contribution in [1.82, 2.24) is 4.90 Å². The molecule has 3 rings (SSSR count). The van der Waals surface area contributed by atoms with E-state index in [0.717, 1.165) is 5.56 Å². The largest absolute Gasteiger partial charge is 0.493 e. The van der Waals surface area contributed by atoms with E-state index in [4.69, 9.17) is 28.4 Å². The lowest BCUT2D eigenvalue weighted by atomic mass is 10.1. The molecule has 204 valence electrons. The van der Waals surface area contributed by atoms with Crippen LogP contribution in [0.1, 0.15) is 5.56 Å². The predicted octanol–water partition coefficient (Wildman–Crippen LogP) is 4.26. The highest BCUT2D eigenvalue weighted by Crippen LogP contribution is 2.30. The van der Waals surface area contributed by atoms with Gasteiger partial charge in [-0.15, -0.1) is 0 Å². The second kappa shape index (κ2) is 14.7. The second-order valence-electron chi connectivity index (χ2n) is 8.40. The Bertz CT molecular complexity index is 1160. The van der Waals surface area contributed by atoms with E-state index in [-0.39, 0.29) is 5.91 Å². The molecule has 1 N–H and O–H groups in total. The Kier molecular flexibility index (Phi) is 11.1. The maximum Gasteiger partial charge on any atom is 0.266 e. The lowest BCUT2D eigenvalue weighted by Gasteiger charge is -2.28. The first kappa shape index (κ1) is 28.6. The van der Waals surface area contributed by atoms with Gasteiger partial charge in [0.15, 0.2) is 29.1 Å². The van der Waals surface area contributed by atoms with Crippen LogP contribution in [0.5, 0.6) is 28.7 Å². The monoisotopic (exact) mass is 524 g/mol. The van der Waals surface area contributed by atoms with Gasteiger partial charge in [-0.3, -0.25) is 9.69 Å². The predicted molar refractivity (Wildman–Crippen MR) is 146 cm³/mol. The minimum atomic E-state index is -0.817. The van der Waals surface area contributed by atoms with Crippen molar-refractivity contribution >= 4 is 11.6 Å². The molecule has 0 spiro atoms. The van der Waals surface area contributed by atoms with Crippen LogP contribution in [-0.4, -0.2) is 72.2 Å². The van der Waals surface area contributed by atoms with Crippen molar-refractivity contribution in [3.63, 3.8) is 0 Å². The molecule has 1 amide bonds. The van der Waals surface area contributed by atoms with Gasteiger partial charge < -0.3 is 33.7 Å². The van der Waals surface area contributed by atoms with Crippen molar-refractivity contribution < 1.29 is 33.2 Å². The molecule has 0 heterocycles. The molecule has 38 heavy (non-hydrogen) atoms. The van der Waals surface area contributed by atoms with Crippen LogP contribution in [0.2, 0.25) is 0 Å². The summed E-state index contributed by atoms with van der Waals surface area (Å²) in [6.45, 7) is 1.93. The lowest BCUT2D eigenvalue weighted by molar-refractivity contribution is -0.123. The van der Waals surface area contributed by atoms with Crippen molar-refractivity contribution in [2.45, 2.75) is 12.6 Å². The molecule has 0 radical (unpaired) electrons. The van der Waals surface area contributed by atoms with E-state index in [9.17, 15) is 4.79 Å². The van der Waals surface area contributed by atoms with Crippen LogP contribution < -0.4 is 29.0 Å². The number of carbonyl (C=O) groups is 1. The molecule has 0 aromatic heterocycles. The van der Waals surface area contributed by atoms with Crippen molar-refractivity contribution in [3.8, 4) is 28.7 Å². The van der Waals surface area contributed by atoms with Crippen molar-refractivity contribution in [1.29, 1.82) is 0 Å². The van der Waals surface area contributed by atoms with Gasteiger partial charge in [-0.1, -0.05) is 24.3 Å². The molecule has 0 saturated carbocycles. The molecule has 9 nitrogen and oxygen atoms in total. The quantitative estimate of drug-likeness (QED) is 0.316. The fourth-order valence-corrected chi connectivity index (χ4v) is 3.90. The third kappa shape index (κ3) is 8.03. The number of nitrogens with one attached hydrogen (secondary N) is 1. The van der Waals surface area contributed by atoms with Gasteiger partial charge in [0.05, 0.1) is 35.0 Å². The number of rotatable bonds is 15. The molecule has 0 aliphatic heterocycles. The van der Waals surface area contributed by atoms with E-state index >= 15 is 0 Å². The average molecular weight is 525 g/mol. The molecule has 0 aliphatic carbocycles. The number of anilines is 1. The first-order valence-electron chi connectivity index (χ1n) is 12.2. The third-order valence-electron chi connectivity index (χ3n) is 5.85. The topological polar surface area (TPSA) is 87.7 Å². The number of hydrogen-bond donors (Lipinski definition) is 1. The Labute approximate surface area is 224 Å². The summed E-state index contributed by atoms with van der Waals surface area (Å²) >= 11 is 0. The minimum Gasteiger partial charge on any atom is -0.493 e. The van der Waals surface area contributed by atoms with Gasteiger partial charge in [0.1, 0.15) is 5.75 Å². The van der Waals surface area contributed by atoms with Gasteiger partial charge in [0.2, 0.25) is 0 Å². The van der Waals surface area contributed by atoms with E-state index in [1.54, 1.807) is 53.7 Å². The van der Waals surface area contributed by atoms with E-state index in [2.05, 4.69) is 10.2 Å². The SMILES string of the molecule is COCCN(Cc1ccc(OC)c(OC)c1)C[C@@H](Oc1ccccc1)C(=O)Nc1ccc(OC)c(OC)c1. The maximum atomic E-state index is 13.5. The summed E-state index contributed by atoms with van der Waals surface area (Å²) in [4.78, 5) is 15.6.